The molecule has 9 heteroatoms. The summed E-state index contributed by atoms with van der Waals surface area (Å²) in [4.78, 5) is 0. The van der Waals surface area contributed by atoms with Gasteiger partial charge >= 0.3 is 15.6 Å². The van der Waals surface area contributed by atoms with Crippen LogP contribution in [0.1, 0.15) is 5.69 Å². The van der Waals surface area contributed by atoms with Crippen LogP contribution in [0, 0.1) is 6.92 Å². The maximum atomic E-state index is 12.2. The zero-order chi connectivity index (χ0) is 15.8. The maximum Gasteiger partial charge on any atom is 0.534 e. The van der Waals surface area contributed by atoms with Crippen LogP contribution in [0.2, 0.25) is 0 Å². The van der Waals surface area contributed by atoms with Crippen molar-refractivity contribution in [1.82, 2.24) is 9.78 Å². The average Bonchev–Trinajstić information content (AvgIpc) is 2.67. The Labute approximate surface area is 119 Å². The first-order chi connectivity index (χ1) is 9.60. The first kappa shape index (κ1) is 15.4. The zero-order valence-electron chi connectivity index (χ0n) is 11.0. The van der Waals surface area contributed by atoms with Gasteiger partial charge in [-0.15, -0.1) is 0 Å². The second-order valence-electron chi connectivity index (χ2n) is 4.31. The summed E-state index contributed by atoms with van der Waals surface area (Å²) in [6, 6.07) is 5.24. The van der Waals surface area contributed by atoms with Crippen molar-refractivity contribution in [3.63, 3.8) is 0 Å². The second-order valence-corrected chi connectivity index (χ2v) is 5.85. The molecule has 21 heavy (non-hydrogen) atoms. The first-order valence-electron chi connectivity index (χ1n) is 5.71. The first-order valence-corrected chi connectivity index (χ1v) is 7.12. The number of aromatic nitrogens is 2. The highest BCUT2D eigenvalue weighted by Gasteiger charge is 2.48. The minimum Gasteiger partial charge on any atom is -0.376 e. The smallest absolute Gasteiger partial charge is 0.376 e. The summed E-state index contributed by atoms with van der Waals surface area (Å²) >= 11 is 0. The Morgan fingerprint density at radius 1 is 1.19 bits per heavy atom. The standard InChI is InChI=1S/C12H11F3N2O3S/c1-8-11(7-17(2)16-8)9-3-5-10(6-4-9)20-21(18,19)12(13,14)15/h3-7H,1-2H3. The van der Waals surface area contributed by atoms with Crippen LogP contribution in [0.3, 0.4) is 0 Å². The fraction of sp³-hybridized carbons (Fsp3) is 0.250. The van der Waals surface area contributed by atoms with Gasteiger partial charge in [0.15, 0.2) is 0 Å². The summed E-state index contributed by atoms with van der Waals surface area (Å²) in [5, 5.41) is 4.14. The third-order valence-corrected chi connectivity index (χ3v) is 3.65. The molecule has 2 aromatic rings. The van der Waals surface area contributed by atoms with Crippen LogP contribution in [0.4, 0.5) is 13.2 Å². The molecule has 0 aliphatic heterocycles. The summed E-state index contributed by atoms with van der Waals surface area (Å²) in [5.41, 5.74) is -3.22. The molecule has 0 saturated carbocycles. The number of hydrogen-bond acceptors (Lipinski definition) is 4. The van der Waals surface area contributed by atoms with E-state index in [-0.39, 0.29) is 0 Å². The molecule has 1 aromatic carbocycles. The Morgan fingerprint density at radius 2 is 1.76 bits per heavy atom. The van der Waals surface area contributed by atoms with Crippen molar-refractivity contribution in [2.24, 2.45) is 7.05 Å². The number of rotatable bonds is 3. The number of halogens is 3. The molecule has 0 aliphatic rings. The van der Waals surface area contributed by atoms with Crippen LogP contribution >= 0.6 is 0 Å². The number of hydrogen-bond donors (Lipinski definition) is 0. The predicted molar refractivity (Wildman–Crippen MR) is 69.0 cm³/mol. The third kappa shape index (κ3) is 3.18. The van der Waals surface area contributed by atoms with Crippen molar-refractivity contribution >= 4 is 10.1 Å². The van der Waals surface area contributed by atoms with E-state index in [9.17, 15) is 21.6 Å². The van der Waals surface area contributed by atoms with Crippen molar-refractivity contribution in [2.45, 2.75) is 12.4 Å². The molecule has 0 spiro atoms. The highest BCUT2D eigenvalue weighted by molar-refractivity contribution is 7.87. The molecule has 0 unspecified atom stereocenters. The van der Waals surface area contributed by atoms with E-state index in [4.69, 9.17) is 0 Å². The third-order valence-electron chi connectivity index (χ3n) is 2.67. The quantitative estimate of drug-likeness (QED) is 0.644. The number of benzene rings is 1. The van der Waals surface area contributed by atoms with E-state index in [0.29, 0.717) is 5.56 Å². The Balaban J connectivity index is 2.26. The summed E-state index contributed by atoms with van der Waals surface area (Å²) in [7, 11) is -3.91. The molecule has 1 aromatic heterocycles. The molecular formula is C12H11F3N2O3S. The second kappa shape index (κ2) is 5.06. The lowest BCUT2D eigenvalue weighted by Crippen LogP contribution is -2.28. The Kier molecular flexibility index (Phi) is 3.70. The highest BCUT2D eigenvalue weighted by atomic mass is 32.2. The Hall–Kier alpha value is -2.03. The number of alkyl halides is 3. The van der Waals surface area contributed by atoms with Crippen LogP contribution < -0.4 is 4.18 Å². The molecule has 0 amide bonds. The zero-order valence-corrected chi connectivity index (χ0v) is 11.9. The van der Waals surface area contributed by atoms with Crippen LogP contribution in [-0.4, -0.2) is 23.7 Å². The fourth-order valence-electron chi connectivity index (χ4n) is 1.75. The van der Waals surface area contributed by atoms with E-state index >= 15 is 0 Å². The number of nitrogens with zero attached hydrogens (tertiary/aromatic N) is 2. The van der Waals surface area contributed by atoms with E-state index in [1.54, 1.807) is 24.9 Å². The SMILES string of the molecule is Cc1nn(C)cc1-c1ccc(OS(=O)(=O)C(F)(F)F)cc1. The van der Waals surface area contributed by atoms with Gasteiger partial charge < -0.3 is 4.18 Å². The van der Waals surface area contributed by atoms with Crippen LogP contribution in [0.15, 0.2) is 30.5 Å². The van der Waals surface area contributed by atoms with Gasteiger partial charge in [-0.1, -0.05) is 12.1 Å². The van der Waals surface area contributed by atoms with Crippen molar-refractivity contribution in [1.29, 1.82) is 0 Å². The molecule has 1 heterocycles. The molecule has 0 saturated heterocycles. The topological polar surface area (TPSA) is 61.2 Å². The lowest BCUT2D eigenvalue weighted by molar-refractivity contribution is -0.0500. The van der Waals surface area contributed by atoms with Crippen molar-refractivity contribution in [3.8, 4) is 16.9 Å². The molecule has 0 fully saturated rings. The van der Waals surface area contributed by atoms with Gasteiger partial charge in [-0.2, -0.15) is 26.7 Å². The normalized spacial score (nSPS) is 12.4. The van der Waals surface area contributed by atoms with Crippen LogP contribution in [0.25, 0.3) is 11.1 Å². The summed E-state index contributed by atoms with van der Waals surface area (Å²) in [5.74, 6) is -0.405. The van der Waals surface area contributed by atoms with E-state index in [0.717, 1.165) is 23.4 Å². The van der Waals surface area contributed by atoms with E-state index in [2.05, 4.69) is 9.28 Å². The van der Waals surface area contributed by atoms with Crippen LogP contribution in [0.5, 0.6) is 5.75 Å². The molecule has 114 valence electrons. The molecule has 5 nitrogen and oxygen atoms in total. The minimum atomic E-state index is -5.65. The van der Waals surface area contributed by atoms with Gasteiger partial charge in [-0.25, -0.2) is 0 Å². The summed E-state index contributed by atoms with van der Waals surface area (Å²) in [6.07, 6.45) is 1.75. The Bertz CT molecular complexity index is 749. The van der Waals surface area contributed by atoms with Gasteiger partial charge in [0.05, 0.1) is 5.69 Å². The average molecular weight is 320 g/mol. The van der Waals surface area contributed by atoms with Gasteiger partial charge in [0, 0.05) is 18.8 Å². The lowest BCUT2D eigenvalue weighted by atomic mass is 10.1. The number of aryl methyl sites for hydroxylation is 2. The predicted octanol–water partition coefficient (Wildman–Crippen LogP) is 2.62. The molecule has 0 aliphatic carbocycles. The van der Waals surface area contributed by atoms with Gasteiger partial charge in [-0.3, -0.25) is 4.68 Å². The van der Waals surface area contributed by atoms with Crippen molar-refractivity contribution < 1.29 is 25.8 Å². The van der Waals surface area contributed by atoms with Crippen molar-refractivity contribution in [3.05, 3.63) is 36.2 Å². The largest absolute Gasteiger partial charge is 0.534 e. The van der Waals surface area contributed by atoms with Gasteiger partial charge in [0.2, 0.25) is 0 Å². The Morgan fingerprint density at radius 3 is 2.19 bits per heavy atom. The minimum absolute atomic E-state index is 0.405. The molecule has 0 radical (unpaired) electrons. The fourth-order valence-corrected chi connectivity index (χ4v) is 2.21. The summed E-state index contributed by atoms with van der Waals surface area (Å²) in [6.45, 7) is 1.79. The van der Waals surface area contributed by atoms with E-state index in [1.165, 1.54) is 12.1 Å². The van der Waals surface area contributed by atoms with E-state index in [1.807, 2.05) is 0 Å². The lowest BCUT2D eigenvalue weighted by Gasteiger charge is -2.09. The van der Waals surface area contributed by atoms with E-state index < -0.39 is 21.4 Å². The highest BCUT2D eigenvalue weighted by Crippen LogP contribution is 2.29. The monoisotopic (exact) mass is 320 g/mol. The maximum absolute atomic E-state index is 12.2. The van der Waals surface area contributed by atoms with Crippen LogP contribution in [-0.2, 0) is 17.2 Å². The molecule has 0 N–H and O–H groups in total. The van der Waals surface area contributed by atoms with Gasteiger partial charge in [0.1, 0.15) is 5.75 Å². The van der Waals surface area contributed by atoms with Crippen molar-refractivity contribution in [2.75, 3.05) is 0 Å². The molecule has 2 rings (SSSR count). The molecule has 0 bridgehead atoms. The van der Waals surface area contributed by atoms with Gasteiger partial charge in [-0.05, 0) is 24.6 Å². The van der Waals surface area contributed by atoms with Gasteiger partial charge in [0.25, 0.3) is 0 Å². The molecular weight excluding hydrogens is 309 g/mol. The molecule has 0 atom stereocenters. The summed E-state index contributed by atoms with van der Waals surface area (Å²) < 4.78 is 64.0.